The van der Waals surface area contributed by atoms with Crippen LogP contribution in [-0.4, -0.2) is 48.9 Å². The van der Waals surface area contributed by atoms with Crippen LogP contribution in [0.2, 0.25) is 0 Å². The van der Waals surface area contributed by atoms with E-state index in [1.807, 2.05) is 0 Å². The third-order valence-corrected chi connectivity index (χ3v) is 8.78. The molecular weight excluding hydrogens is 377 g/mol. The van der Waals surface area contributed by atoms with E-state index in [0.717, 1.165) is 63.2 Å². The lowest BCUT2D eigenvalue weighted by Crippen LogP contribution is -2.56. The lowest BCUT2D eigenvalue weighted by atomic mass is 9.78. The summed E-state index contributed by atoms with van der Waals surface area (Å²) in [5.41, 5.74) is 0.109. The molecule has 1 aromatic rings. The molecule has 3 aliphatic rings. The standard InChI is InChI=1S/C19H25F3N2O2S/c20-19(21,22)17-6-3-15(11-23-17)14-1-4-16(5-2-14)24-9-7-18(8-10-24)12-27(25,26)13-18/h3,6,11,14,16H,1-2,4-5,7-10,12-13H2. The van der Waals surface area contributed by atoms with Crippen LogP contribution in [-0.2, 0) is 16.0 Å². The zero-order chi connectivity index (χ0) is 19.3. The van der Waals surface area contributed by atoms with Crippen LogP contribution >= 0.6 is 0 Å². The molecule has 4 rings (SSSR count). The number of hydrogen-bond donors (Lipinski definition) is 0. The van der Waals surface area contributed by atoms with Gasteiger partial charge in [-0.2, -0.15) is 13.2 Å². The third kappa shape index (κ3) is 4.01. The first-order chi connectivity index (χ1) is 12.7. The maximum Gasteiger partial charge on any atom is 0.433 e. The zero-order valence-corrected chi connectivity index (χ0v) is 16.0. The van der Waals surface area contributed by atoms with Gasteiger partial charge in [0.2, 0.25) is 0 Å². The van der Waals surface area contributed by atoms with E-state index in [2.05, 4.69) is 9.88 Å². The molecule has 2 aliphatic heterocycles. The Labute approximate surface area is 158 Å². The molecule has 3 heterocycles. The van der Waals surface area contributed by atoms with E-state index in [-0.39, 0.29) is 11.3 Å². The molecule has 27 heavy (non-hydrogen) atoms. The molecule has 0 unspecified atom stereocenters. The third-order valence-electron chi connectivity index (χ3n) is 6.67. The summed E-state index contributed by atoms with van der Waals surface area (Å²) in [4.78, 5) is 6.09. The minimum Gasteiger partial charge on any atom is -0.300 e. The van der Waals surface area contributed by atoms with Gasteiger partial charge in [0.15, 0.2) is 9.84 Å². The molecule has 0 aromatic carbocycles. The van der Waals surface area contributed by atoms with E-state index >= 15 is 0 Å². The first-order valence-corrected chi connectivity index (χ1v) is 11.5. The van der Waals surface area contributed by atoms with Crippen LogP contribution in [0.25, 0.3) is 0 Å². The van der Waals surface area contributed by atoms with Crippen molar-refractivity contribution < 1.29 is 21.6 Å². The number of hydrogen-bond acceptors (Lipinski definition) is 4. The van der Waals surface area contributed by atoms with E-state index in [9.17, 15) is 21.6 Å². The van der Waals surface area contributed by atoms with E-state index < -0.39 is 21.7 Å². The number of piperidine rings is 1. The Bertz CT molecular complexity index is 762. The van der Waals surface area contributed by atoms with Crippen molar-refractivity contribution in [3.05, 3.63) is 29.6 Å². The van der Waals surface area contributed by atoms with E-state index in [4.69, 9.17) is 0 Å². The van der Waals surface area contributed by atoms with Gasteiger partial charge in [0.25, 0.3) is 0 Å². The minimum atomic E-state index is -4.39. The smallest absolute Gasteiger partial charge is 0.300 e. The van der Waals surface area contributed by atoms with Gasteiger partial charge in [-0.15, -0.1) is 0 Å². The second-order valence-corrected chi connectivity index (χ2v) is 10.6. The van der Waals surface area contributed by atoms with Crippen molar-refractivity contribution in [1.82, 2.24) is 9.88 Å². The Morgan fingerprint density at radius 1 is 1.04 bits per heavy atom. The first-order valence-electron chi connectivity index (χ1n) is 9.64. The molecule has 0 N–H and O–H groups in total. The Kier molecular flexibility index (Phi) is 4.78. The van der Waals surface area contributed by atoms with Crippen LogP contribution in [0, 0.1) is 5.41 Å². The van der Waals surface area contributed by atoms with Gasteiger partial charge in [0.1, 0.15) is 5.69 Å². The summed E-state index contributed by atoms with van der Waals surface area (Å²) < 4.78 is 61.0. The van der Waals surface area contributed by atoms with E-state index in [1.54, 1.807) is 6.07 Å². The number of nitrogens with zero attached hydrogens (tertiary/aromatic N) is 2. The van der Waals surface area contributed by atoms with Gasteiger partial charge < -0.3 is 4.90 Å². The fourth-order valence-electron chi connectivity index (χ4n) is 5.13. The van der Waals surface area contributed by atoms with Crippen molar-refractivity contribution in [2.75, 3.05) is 24.6 Å². The molecule has 1 spiro atoms. The fourth-order valence-corrected chi connectivity index (χ4v) is 7.49. The van der Waals surface area contributed by atoms with Crippen LogP contribution in [0.5, 0.6) is 0 Å². The van der Waals surface area contributed by atoms with Crippen molar-refractivity contribution in [1.29, 1.82) is 0 Å². The fraction of sp³-hybridized carbons (Fsp3) is 0.737. The highest BCUT2D eigenvalue weighted by molar-refractivity contribution is 7.92. The quantitative estimate of drug-likeness (QED) is 0.758. The first kappa shape index (κ1) is 19.2. The number of rotatable bonds is 2. The topological polar surface area (TPSA) is 50.3 Å². The van der Waals surface area contributed by atoms with Crippen LogP contribution in [0.3, 0.4) is 0 Å². The lowest BCUT2D eigenvalue weighted by Gasteiger charge is -2.49. The number of aromatic nitrogens is 1. The van der Waals surface area contributed by atoms with Gasteiger partial charge in [0.05, 0.1) is 11.5 Å². The maximum atomic E-state index is 12.6. The van der Waals surface area contributed by atoms with Gasteiger partial charge in [-0.05, 0) is 69.2 Å². The number of halogens is 3. The second-order valence-electron chi connectivity index (χ2n) is 8.55. The lowest BCUT2D eigenvalue weighted by molar-refractivity contribution is -0.141. The van der Waals surface area contributed by atoms with Gasteiger partial charge in [0, 0.05) is 17.7 Å². The van der Waals surface area contributed by atoms with Crippen molar-refractivity contribution in [3.63, 3.8) is 0 Å². The molecule has 0 bridgehead atoms. The molecule has 150 valence electrons. The van der Waals surface area contributed by atoms with Crippen molar-refractivity contribution in [2.45, 2.75) is 56.7 Å². The number of pyridine rings is 1. The SMILES string of the molecule is O=S1(=O)CC2(CCN(C3CCC(c4ccc(C(F)(F)F)nc4)CC3)CC2)C1. The molecule has 1 aromatic heterocycles. The van der Waals surface area contributed by atoms with Gasteiger partial charge in [-0.3, -0.25) is 4.98 Å². The molecule has 1 saturated carbocycles. The van der Waals surface area contributed by atoms with Crippen LogP contribution in [0.1, 0.15) is 55.7 Å². The van der Waals surface area contributed by atoms with Gasteiger partial charge in [-0.1, -0.05) is 6.07 Å². The number of likely N-dealkylation sites (tertiary alicyclic amines) is 1. The summed E-state index contributed by atoms with van der Waals surface area (Å²) in [6.45, 7) is 1.93. The van der Waals surface area contributed by atoms with Gasteiger partial charge >= 0.3 is 6.18 Å². The highest BCUT2D eigenvalue weighted by atomic mass is 32.2. The van der Waals surface area contributed by atoms with Gasteiger partial charge in [-0.25, -0.2) is 8.42 Å². The summed E-state index contributed by atoms with van der Waals surface area (Å²) in [6, 6.07) is 3.17. The predicted octanol–water partition coefficient (Wildman–Crippen LogP) is 3.64. The van der Waals surface area contributed by atoms with Crippen LogP contribution < -0.4 is 0 Å². The van der Waals surface area contributed by atoms with Crippen molar-refractivity contribution >= 4 is 9.84 Å². The number of alkyl halides is 3. The molecule has 0 amide bonds. The molecule has 0 radical (unpaired) electrons. The summed E-state index contributed by atoms with van der Waals surface area (Å²) >= 11 is 0. The Morgan fingerprint density at radius 3 is 2.15 bits per heavy atom. The predicted molar refractivity (Wildman–Crippen MR) is 96.1 cm³/mol. The average molecular weight is 402 g/mol. The normalized spacial score (nSPS) is 30.8. The van der Waals surface area contributed by atoms with Crippen molar-refractivity contribution in [2.24, 2.45) is 5.41 Å². The highest BCUT2D eigenvalue weighted by Gasteiger charge is 2.50. The van der Waals surface area contributed by atoms with Crippen LogP contribution in [0.15, 0.2) is 18.3 Å². The summed E-state index contributed by atoms with van der Waals surface area (Å²) in [5.74, 6) is 1.01. The van der Waals surface area contributed by atoms with Crippen molar-refractivity contribution in [3.8, 4) is 0 Å². The Hall–Kier alpha value is -1.15. The maximum absolute atomic E-state index is 12.6. The molecule has 2 saturated heterocycles. The summed E-state index contributed by atoms with van der Waals surface area (Å²) in [5, 5.41) is 0. The van der Waals surface area contributed by atoms with Crippen LogP contribution in [0.4, 0.5) is 13.2 Å². The zero-order valence-electron chi connectivity index (χ0n) is 15.2. The average Bonchev–Trinajstić information content (AvgIpc) is 2.60. The largest absolute Gasteiger partial charge is 0.433 e. The molecule has 8 heteroatoms. The Morgan fingerprint density at radius 2 is 1.67 bits per heavy atom. The molecule has 0 atom stereocenters. The number of sulfone groups is 1. The summed E-state index contributed by atoms with van der Waals surface area (Å²) in [7, 11) is -2.78. The molecule has 1 aliphatic carbocycles. The monoisotopic (exact) mass is 402 g/mol. The Balaban J connectivity index is 1.28. The second kappa shape index (κ2) is 6.72. The van der Waals surface area contributed by atoms with E-state index in [0.29, 0.717) is 17.5 Å². The highest BCUT2D eigenvalue weighted by Crippen LogP contribution is 2.44. The minimum absolute atomic E-state index is 0.0401. The molecule has 4 nitrogen and oxygen atoms in total. The van der Waals surface area contributed by atoms with E-state index in [1.165, 1.54) is 6.20 Å². The summed E-state index contributed by atoms with van der Waals surface area (Å²) in [6.07, 6.45) is 2.94. The molecule has 3 fully saturated rings. The molecular formula is C19H25F3N2O2S.